The van der Waals surface area contributed by atoms with Crippen LogP contribution in [0.1, 0.15) is 5.56 Å². The molecule has 0 atom stereocenters. The van der Waals surface area contributed by atoms with Gasteiger partial charge in [0, 0.05) is 12.1 Å². The summed E-state index contributed by atoms with van der Waals surface area (Å²) in [5.74, 6) is 0.850. The second-order valence-corrected chi connectivity index (χ2v) is 5.03. The number of nitrogens with zero attached hydrogens (tertiary/aromatic N) is 1. The number of anilines is 1. The van der Waals surface area contributed by atoms with Gasteiger partial charge in [-0.3, -0.25) is 0 Å². The van der Waals surface area contributed by atoms with Crippen LogP contribution in [-0.2, 0) is 6.61 Å². The fourth-order valence-electron chi connectivity index (χ4n) is 1.50. The van der Waals surface area contributed by atoms with Crippen LogP contribution in [0.4, 0.5) is 5.82 Å². The van der Waals surface area contributed by atoms with Gasteiger partial charge in [0.15, 0.2) is 0 Å². The summed E-state index contributed by atoms with van der Waals surface area (Å²) in [4.78, 5) is 4.20. The highest BCUT2D eigenvalue weighted by Gasteiger charge is 2.09. The van der Waals surface area contributed by atoms with E-state index in [1.54, 1.807) is 19.2 Å². The smallest absolute Gasteiger partial charge is 0.234 e. The van der Waals surface area contributed by atoms with E-state index in [-0.39, 0.29) is 0 Å². The van der Waals surface area contributed by atoms with Crippen molar-refractivity contribution in [3.8, 4) is 5.88 Å². The van der Waals surface area contributed by atoms with E-state index in [2.05, 4.69) is 10.3 Å². The largest absolute Gasteiger partial charge is 0.472 e. The molecule has 0 spiro atoms. The molecule has 0 bridgehead atoms. The average molecular weight is 318 g/mol. The second kappa shape index (κ2) is 6.33. The van der Waals surface area contributed by atoms with Gasteiger partial charge in [0.1, 0.15) is 17.4 Å². The Morgan fingerprint density at radius 1 is 1.16 bits per heavy atom. The van der Waals surface area contributed by atoms with Gasteiger partial charge in [-0.1, -0.05) is 46.9 Å². The zero-order valence-corrected chi connectivity index (χ0v) is 12.4. The molecule has 6 heteroatoms. The fourth-order valence-corrected chi connectivity index (χ4v) is 2.23. The van der Waals surface area contributed by atoms with Gasteiger partial charge in [-0.25, -0.2) is 0 Å². The molecule has 0 saturated carbocycles. The molecular formula is C13H11Cl3N2O. The molecule has 0 radical (unpaired) electrons. The number of ether oxygens (including phenoxy) is 1. The molecule has 0 unspecified atom stereocenters. The van der Waals surface area contributed by atoms with Crippen LogP contribution in [0.2, 0.25) is 15.1 Å². The molecule has 2 aromatic rings. The highest BCUT2D eigenvalue weighted by atomic mass is 35.5. The van der Waals surface area contributed by atoms with Crippen LogP contribution in [-0.4, -0.2) is 12.0 Å². The van der Waals surface area contributed by atoms with Crippen LogP contribution in [0.15, 0.2) is 30.3 Å². The summed E-state index contributed by atoms with van der Waals surface area (Å²) in [6.45, 7) is 0.331. The molecular weight excluding hydrogens is 307 g/mol. The zero-order valence-electron chi connectivity index (χ0n) is 10.1. The van der Waals surface area contributed by atoms with Gasteiger partial charge in [0.2, 0.25) is 5.88 Å². The van der Waals surface area contributed by atoms with Gasteiger partial charge in [-0.05, 0) is 23.8 Å². The first kappa shape index (κ1) is 14.3. The van der Waals surface area contributed by atoms with Crippen molar-refractivity contribution in [2.24, 2.45) is 0 Å². The first-order chi connectivity index (χ1) is 9.10. The highest BCUT2D eigenvalue weighted by Crippen LogP contribution is 2.30. The lowest BCUT2D eigenvalue weighted by Gasteiger charge is -2.10. The summed E-state index contributed by atoms with van der Waals surface area (Å²) in [6, 6.07) is 8.99. The molecule has 1 aromatic heterocycles. The van der Waals surface area contributed by atoms with Crippen molar-refractivity contribution in [2.75, 3.05) is 12.4 Å². The number of halogens is 3. The van der Waals surface area contributed by atoms with Crippen molar-refractivity contribution in [3.05, 3.63) is 51.0 Å². The van der Waals surface area contributed by atoms with Crippen LogP contribution in [0.3, 0.4) is 0 Å². The predicted molar refractivity (Wildman–Crippen MR) is 79.6 cm³/mol. The number of pyridine rings is 1. The standard InChI is InChI=1S/C13H11Cl3N2O/c1-17-12-10(15)6-11(16)13(18-12)19-7-8-3-2-4-9(14)5-8/h2-6H,7H2,1H3,(H,17,18). The molecule has 100 valence electrons. The van der Waals surface area contributed by atoms with Crippen molar-refractivity contribution in [2.45, 2.75) is 6.61 Å². The van der Waals surface area contributed by atoms with Crippen LogP contribution in [0.25, 0.3) is 0 Å². The topological polar surface area (TPSA) is 34.2 Å². The number of hydrogen-bond donors (Lipinski definition) is 1. The van der Waals surface area contributed by atoms with E-state index in [0.717, 1.165) is 5.56 Å². The van der Waals surface area contributed by atoms with Crippen LogP contribution in [0, 0.1) is 0 Å². The average Bonchev–Trinajstić information content (AvgIpc) is 2.38. The maximum Gasteiger partial charge on any atom is 0.234 e. The summed E-state index contributed by atoms with van der Waals surface area (Å²) < 4.78 is 5.57. The lowest BCUT2D eigenvalue weighted by Crippen LogP contribution is -2.01. The summed E-state index contributed by atoms with van der Waals surface area (Å²) in [5.41, 5.74) is 0.936. The van der Waals surface area contributed by atoms with Crippen LogP contribution in [0.5, 0.6) is 5.88 Å². The Morgan fingerprint density at radius 3 is 2.63 bits per heavy atom. The van der Waals surface area contributed by atoms with Crippen molar-refractivity contribution in [1.82, 2.24) is 4.98 Å². The number of hydrogen-bond acceptors (Lipinski definition) is 3. The fraction of sp³-hybridized carbons (Fsp3) is 0.154. The Bertz CT molecular complexity index is 590. The van der Waals surface area contributed by atoms with Crippen molar-refractivity contribution in [1.29, 1.82) is 0 Å². The van der Waals surface area contributed by atoms with Gasteiger partial charge in [-0.2, -0.15) is 4.98 Å². The van der Waals surface area contributed by atoms with Gasteiger partial charge in [0.05, 0.1) is 5.02 Å². The SMILES string of the molecule is CNc1nc(OCc2cccc(Cl)c2)c(Cl)cc1Cl. The Morgan fingerprint density at radius 2 is 1.95 bits per heavy atom. The minimum Gasteiger partial charge on any atom is -0.472 e. The van der Waals surface area contributed by atoms with Crippen molar-refractivity contribution < 1.29 is 4.74 Å². The molecule has 1 heterocycles. The lowest BCUT2D eigenvalue weighted by atomic mass is 10.2. The number of aromatic nitrogens is 1. The summed E-state index contributed by atoms with van der Waals surface area (Å²) in [7, 11) is 1.73. The Hall–Kier alpha value is -1.16. The van der Waals surface area contributed by atoms with E-state index in [0.29, 0.717) is 33.4 Å². The molecule has 19 heavy (non-hydrogen) atoms. The van der Waals surface area contributed by atoms with Crippen molar-refractivity contribution >= 4 is 40.6 Å². The van der Waals surface area contributed by atoms with Crippen LogP contribution >= 0.6 is 34.8 Å². The molecule has 0 fully saturated rings. The van der Waals surface area contributed by atoms with Gasteiger partial charge in [-0.15, -0.1) is 0 Å². The quantitative estimate of drug-likeness (QED) is 0.890. The van der Waals surface area contributed by atoms with Gasteiger partial charge >= 0.3 is 0 Å². The van der Waals surface area contributed by atoms with Gasteiger partial charge < -0.3 is 10.1 Å². The molecule has 0 aliphatic rings. The molecule has 3 nitrogen and oxygen atoms in total. The Balaban J connectivity index is 2.15. The van der Waals surface area contributed by atoms with E-state index < -0.39 is 0 Å². The Kier molecular flexibility index (Phi) is 4.75. The second-order valence-electron chi connectivity index (χ2n) is 3.77. The van der Waals surface area contributed by atoms with E-state index in [1.807, 2.05) is 18.2 Å². The summed E-state index contributed by atoms with van der Waals surface area (Å²) >= 11 is 17.9. The third kappa shape index (κ3) is 3.66. The molecule has 1 N–H and O–H groups in total. The molecule has 0 amide bonds. The molecule has 0 aliphatic carbocycles. The third-order valence-electron chi connectivity index (χ3n) is 2.40. The van der Waals surface area contributed by atoms with E-state index in [9.17, 15) is 0 Å². The molecule has 0 aliphatic heterocycles. The van der Waals surface area contributed by atoms with E-state index >= 15 is 0 Å². The third-order valence-corrected chi connectivity index (χ3v) is 3.19. The summed E-state index contributed by atoms with van der Waals surface area (Å²) in [6.07, 6.45) is 0. The van der Waals surface area contributed by atoms with E-state index in [1.165, 1.54) is 0 Å². The maximum absolute atomic E-state index is 6.03. The lowest BCUT2D eigenvalue weighted by molar-refractivity contribution is 0.294. The predicted octanol–water partition coefficient (Wildman–Crippen LogP) is 4.66. The molecule has 1 aromatic carbocycles. The highest BCUT2D eigenvalue weighted by molar-refractivity contribution is 6.36. The number of benzene rings is 1. The zero-order chi connectivity index (χ0) is 13.8. The minimum atomic E-state index is 0.329. The summed E-state index contributed by atoms with van der Waals surface area (Å²) in [5, 5.41) is 4.34. The van der Waals surface area contributed by atoms with Gasteiger partial charge in [0.25, 0.3) is 0 Å². The van der Waals surface area contributed by atoms with E-state index in [4.69, 9.17) is 39.5 Å². The first-order valence-electron chi connectivity index (χ1n) is 5.51. The molecule has 2 rings (SSSR count). The van der Waals surface area contributed by atoms with Crippen LogP contribution < -0.4 is 10.1 Å². The maximum atomic E-state index is 6.03. The minimum absolute atomic E-state index is 0.329. The Labute approximate surface area is 126 Å². The molecule has 0 saturated heterocycles. The number of rotatable bonds is 4. The van der Waals surface area contributed by atoms with Crippen molar-refractivity contribution in [3.63, 3.8) is 0 Å². The first-order valence-corrected chi connectivity index (χ1v) is 6.64. The monoisotopic (exact) mass is 316 g/mol. The number of nitrogens with one attached hydrogen (secondary N) is 1. The normalized spacial score (nSPS) is 10.3.